The van der Waals surface area contributed by atoms with Gasteiger partial charge in [0, 0.05) is 24.3 Å². The van der Waals surface area contributed by atoms with Crippen LogP contribution < -0.4 is 10.9 Å². The molecule has 0 aliphatic heterocycles. The number of benzene rings is 2. The first-order valence-corrected chi connectivity index (χ1v) is 9.17. The zero-order chi connectivity index (χ0) is 20.1. The van der Waals surface area contributed by atoms with E-state index < -0.39 is 0 Å². The van der Waals surface area contributed by atoms with Crippen LogP contribution in [0, 0.1) is 0 Å². The standard InChI is InChI=1S/C21H22N4O3/c1-3-24(4-2)21(28)15-9-11-16(12-10-15)23-19(26)14-25-18-8-6-5-7-17(18)22-13-20(25)27/h5-13H,3-4,14H2,1-2H3,(H,23,26). The minimum absolute atomic E-state index is 0.0438. The summed E-state index contributed by atoms with van der Waals surface area (Å²) >= 11 is 0. The first-order chi connectivity index (χ1) is 13.5. The predicted molar refractivity (Wildman–Crippen MR) is 108 cm³/mol. The molecule has 0 unspecified atom stereocenters. The van der Waals surface area contributed by atoms with E-state index in [-0.39, 0.29) is 23.9 Å². The van der Waals surface area contributed by atoms with E-state index in [4.69, 9.17) is 0 Å². The van der Waals surface area contributed by atoms with Gasteiger partial charge in [-0.25, -0.2) is 4.98 Å². The SMILES string of the molecule is CCN(CC)C(=O)c1ccc(NC(=O)Cn2c(=O)cnc3ccccc32)cc1. The predicted octanol–water partition coefficient (Wildman–Crippen LogP) is 2.52. The number of fused-ring (bicyclic) bond motifs is 1. The molecule has 0 saturated heterocycles. The van der Waals surface area contributed by atoms with E-state index >= 15 is 0 Å². The van der Waals surface area contributed by atoms with Crippen molar-refractivity contribution in [3.05, 3.63) is 70.6 Å². The Bertz CT molecular complexity index is 1050. The molecule has 0 atom stereocenters. The molecular weight excluding hydrogens is 356 g/mol. The Morgan fingerprint density at radius 2 is 1.71 bits per heavy atom. The molecule has 0 aliphatic carbocycles. The van der Waals surface area contributed by atoms with Crippen LogP contribution in [-0.4, -0.2) is 39.4 Å². The van der Waals surface area contributed by atoms with Crippen LogP contribution >= 0.6 is 0 Å². The Morgan fingerprint density at radius 1 is 1.04 bits per heavy atom. The largest absolute Gasteiger partial charge is 0.339 e. The fraction of sp³-hybridized carbons (Fsp3) is 0.238. The molecule has 144 valence electrons. The molecule has 1 heterocycles. The van der Waals surface area contributed by atoms with Gasteiger partial charge in [-0.2, -0.15) is 0 Å². The van der Waals surface area contributed by atoms with Gasteiger partial charge in [0.05, 0.1) is 17.2 Å². The van der Waals surface area contributed by atoms with Crippen LogP contribution in [0.1, 0.15) is 24.2 Å². The Hall–Kier alpha value is -3.48. The first-order valence-electron chi connectivity index (χ1n) is 9.17. The highest BCUT2D eigenvalue weighted by Gasteiger charge is 2.13. The van der Waals surface area contributed by atoms with Crippen LogP contribution in [0.15, 0.2) is 59.5 Å². The fourth-order valence-corrected chi connectivity index (χ4v) is 3.01. The Kier molecular flexibility index (Phi) is 5.84. The molecule has 3 aromatic rings. The average Bonchev–Trinajstić information content (AvgIpc) is 2.71. The van der Waals surface area contributed by atoms with Crippen molar-refractivity contribution in [2.75, 3.05) is 18.4 Å². The Morgan fingerprint density at radius 3 is 2.39 bits per heavy atom. The number of hydrogen-bond donors (Lipinski definition) is 1. The number of carbonyl (C=O) groups excluding carboxylic acids is 2. The maximum Gasteiger partial charge on any atom is 0.269 e. The minimum atomic E-state index is -0.339. The summed E-state index contributed by atoms with van der Waals surface area (Å²) in [4.78, 5) is 42.7. The third-order valence-electron chi connectivity index (χ3n) is 4.52. The molecule has 2 aromatic carbocycles. The molecule has 28 heavy (non-hydrogen) atoms. The molecular formula is C21H22N4O3. The van der Waals surface area contributed by atoms with Crippen LogP contribution in [0.4, 0.5) is 5.69 Å². The number of nitrogens with zero attached hydrogens (tertiary/aromatic N) is 3. The molecule has 7 heteroatoms. The number of hydrogen-bond acceptors (Lipinski definition) is 4. The highest BCUT2D eigenvalue weighted by Crippen LogP contribution is 2.13. The van der Waals surface area contributed by atoms with Gasteiger partial charge in [0.2, 0.25) is 5.91 Å². The number of carbonyl (C=O) groups is 2. The molecule has 0 radical (unpaired) electrons. The lowest BCUT2D eigenvalue weighted by Crippen LogP contribution is -2.30. The number of nitrogens with one attached hydrogen (secondary N) is 1. The summed E-state index contributed by atoms with van der Waals surface area (Å²) in [6.07, 6.45) is 1.21. The molecule has 0 fully saturated rings. The topological polar surface area (TPSA) is 84.3 Å². The number of rotatable bonds is 6. The van der Waals surface area contributed by atoms with E-state index in [1.807, 2.05) is 19.9 Å². The molecule has 1 N–H and O–H groups in total. The number of para-hydroxylation sites is 2. The van der Waals surface area contributed by atoms with Crippen LogP contribution in [0.25, 0.3) is 11.0 Å². The van der Waals surface area contributed by atoms with Crippen LogP contribution in [-0.2, 0) is 11.3 Å². The molecule has 3 rings (SSSR count). The van der Waals surface area contributed by atoms with Crippen LogP contribution in [0.2, 0.25) is 0 Å². The van der Waals surface area contributed by atoms with E-state index in [9.17, 15) is 14.4 Å². The van der Waals surface area contributed by atoms with Crippen LogP contribution in [0.3, 0.4) is 0 Å². The number of aromatic nitrogens is 2. The number of amides is 2. The summed E-state index contributed by atoms with van der Waals surface area (Å²) in [7, 11) is 0. The lowest BCUT2D eigenvalue weighted by molar-refractivity contribution is -0.116. The first kappa shape index (κ1) is 19.3. The van der Waals surface area contributed by atoms with Crippen molar-refractivity contribution in [3.63, 3.8) is 0 Å². The third kappa shape index (κ3) is 4.09. The zero-order valence-corrected chi connectivity index (χ0v) is 15.9. The lowest BCUT2D eigenvalue weighted by Gasteiger charge is -2.18. The van der Waals surface area contributed by atoms with Crippen molar-refractivity contribution in [2.24, 2.45) is 0 Å². The normalized spacial score (nSPS) is 10.6. The van der Waals surface area contributed by atoms with Crippen molar-refractivity contribution in [1.82, 2.24) is 14.5 Å². The molecule has 7 nitrogen and oxygen atoms in total. The molecule has 1 aromatic heterocycles. The maximum atomic E-state index is 12.4. The lowest BCUT2D eigenvalue weighted by atomic mass is 10.1. The van der Waals surface area contributed by atoms with Gasteiger partial charge in [-0.15, -0.1) is 0 Å². The van der Waals surface area contributed by atoms with Crippen LogP contribution in [0.5, 0.6) is 0 Å². The zero-order valence-electron chi connectivity index (χ0n) is 15.9. The fourth-order valence-electron chi connectivity index (χ4n) is 3.01. The quantitative estimate of drug-likeness (QED) is 0.714. The summed E-state index contributed by atoms with van der Waals surface area (Å²) in [5, 5.41) is 2.76. The summed E-state index contributed by atoms with van der Waals surface area (Å²) in [6.45, 7) is 5.02. The summed E-state index contributed by atoms with van der Waals surface area (Å²) < 4.78 is 1.38. The van der Waals surface area contributed by atoms with E-state index in [1.165, 1.54) is 10.8 Å². The minimum Gasteiger partial charge on any atom is -0.339 e. The van der Waals surface area contributed by atoms with E-state index in [1.54, 1.807) is 47.4 Å². The second-order valence-electron chi connectivity index (χ2n) is 6.27. The van der Waals surface area contributed by atoms with Crippen molar-refractivity contribution in [3.8, 4) is 0 Å². The third-order valence-corrected chi connectivity index (χ3v) is 4.52. The summed E-state index contributed by atoms with van der Waals surface area (Å²) in [5.41, 5.74) is 2.04. The van der Waals surface area contributed by atoms with Crippen molar-refractivity contribution >= 4 is 28.5 Å². The van der Waals surface area contributed by atoms with E-state index in [0.717, 1.165) is 0 Å². The highest BCUT2D eigenvalue weighted by molar-refractivity contribution is 5.96. The van der Waals surface area contributed by atoms with Gasteiger partial charge in [0.25, 0.3) is 11.5 Å². The average molecular weight is 378 g/mol. The molecule has 0 spiro atoms. The van der Waals surface area contributed by atoms with Gasteiger partial charge >= 0.3 is 0 Å². The van der Waals surface area contributed by atoms with Gasteiger partial charge in [-0.05, 0) is 50.2 Å². The van der Waals surface area contributed by atoms with Gasteiger partial charge < -0.3 is 10.2 Å². The summed E-state index contributed by atoms with van der Waals surface area (Å²) in [5.74, 6) is -0.376. The highest BCUT2D eigenvalue weighted by atomic mass is 16.2. The van der Waals surface area contributed by atoms with Gasteiger partial charge in [0.15, 0.2) is 0 Å². The summed E-state index contributed by atoms with van der Waals surface area (Å²) in [6, 6.07) is 13.9. The van der Waals surface area contributed by atoms with Crippen molar-refractivity contribution in [2.45, 2.75) is 20.4 Å². The monoisotopic (exact) mass is 378 g/mol. The second kappa shape index (κ2) is 8.47. The van der Waals surface area contributed by atoms with Crippen molar-refractivity contribution in [1.29, 1.82) is 0 Å². The smallest absolute Gasteiger partial charge is 0.269 e. The van der Waals surface area contributed by atoms with Gasteiger partial charge in [-0.1, -0.05) is 12.1 Å². The Labute approximate surface area is 162 Å². The molecule has 0 aliphatic rings. The van der Waals surface area contributed by atoms with Gasteiger partial charge in [-0.3, -0.25) is 19.0 Å². The van der Waals surface area contributed by atoms with E-state index in [2.05, 4.69) is 10.3 Å². The van der Waals surface area contributed by atoms with E-state index in [0.29, 0.717) is 35.4 Å². The van der Waals surface area contributed by atoms with Gasteiger partial charge in [0.1, 0.15) is 6.54 Å². The molecule has 2 amide bonds. The Balaban J connectivity index is 1.73. The number of anilines is 1. The molecule has 0 saturated carbocycles. The maximum absolute atomic E-state index is 12.4. The van der Waals surface area contributed by atoms with Crippen molar-refractivity contribution < 1.29 is 9.59 Å². The molecule has 0 bridgehead atoms. The second-order valence-corrected chi connectivity index (χ2v) is 6.27.